The van der Waals surface area contributed by atoms with Crippen molar-refractivity contribution in [3.05, 3.63) is 53.9 Å². The van der Waals surface area contributed by atoms with E-state index in [0.717, 1.165) is 35.5 Å². The van der Waals surface area contributed by atoms with Crippen LogP contribution < -0.4 is 10.5 Å². The minimum atomic E-state index is 0.671. The quantitative estimate of drug-likeness (QED) is 0.786. The Kier molecular flexibility index (Phi) is 4.11. The number of aryl methyl sites for hydroxylation is 2. The second-order valence-corrected chi connectivity index (χ2v) is 5.43. The van der Waals surface area contributed by atoms with E-state index in [4.69, 9.17) is 15.5 Å². The zero-order valence-electron chi connectivity index (χ0n) is 13.0. The number of benzene rings is 1. The van der Waals surface area contributed by atoms with Crippen molar-refractivity contribution in [2.75, 3.05) is 13.7 Å². The van der Waals surface area contributed by atoms with E-state index in [-0.39, 0.29) is 0 Å². The summed E-state index contributed by atoms with van der Waals surface area (Å²) in [6.07, 6.45) is 3.89. The zero-order valence-corrected chi connectivity index (χ0v) is 13.0. The Morgan fingerprint density at radius 1 is 1.23 bits per heavy atom. The van der Waals surface area contributed by atoms with Gasteiger partial charge in [0.25, 0.3) is 0 Å². The molecule has 114 valence electrons. The maximum Gasteiger partial charge on any atom is 0.137 e. The van der Waals surface area contributed by atoms with Gasteiger partial charge in [-0.25, -0.2) is 4.98 Å². The number of fused-ring (bicyclic) bond motifs is 1. The number of pyridine rings is 1. The number of nitrogens with two attached hydrogens (primary N) is 1. The summed E-state index contributed by atoms with van der Waals surface area (Å²) >= 11 is 0. The van der Waals surface area contributed by atoms with E-state index in [1.54, 1.807) is 7.11 Å². The Bertz CT molecular complexity index is 792. The molecule has 0 amide bonds. The first-order valence-corrected chi connectivity index (χ1v) is 7.55. The third-order valence-electron chi connectivity index (χ3n) is 3.86. The first kappa shape index (κ1) is 14.6. The molecule has 0 radical (unpaired) electrons. The molecule has 0 bridgehead atoms. The maximum absolute atomic E-state index is 5.70. The van der Waals surface area contributed by atoms with Crippen molar-refractivity contribution >= 4 is 5.65 Å². The molecule has 2 N–H and O–H groups in total. The summed E-state index contributed by atoms with van der Waals surface area (Å²) in [7, 11) is 1.70. The lowest BCUT2D eigenvalue weighted by Crippen LogP contribution is -2.03. The Hall–Kier alpha value is -2.33. The first-order chi connectivity index (χ1) is 10.7. The van der Waals surface area contributed by atoms with Crippen LogP contribution >= 0.6 is 0 Å². The summed E-state index contributed by atoms with van der Waals surface area (Å²) in [5.74, 6) is 0.850. The lowest BCUT2D eigenvalue weighted by Gasteiger charge is -2.10. The normalized spacial score (nSPS) is 11.0. The molecule has 0 aliphatic heterocycles. The van der Waals surface area contributed by atoms with Crippen molar-refractivity contribution in [3.63, 3.8) is 0 Å². The van der Waals surface area contributed by atoms with Crippen LogP contribution in [0.2, 0.25) is 0 Å². The third kappa shape index (κ3) is 2.57. The van der Waals surface area contributed by atoms with E-state index < -0.39 is 0 Å². The van der Waals surface area contributed by atoms with Gasteiger partial charge in [-0.05, 0) is 50.6 Å². The van der Waals surface area contributed by atoms with Crippen LogP contribution in [-0.2, 0) is 6.42 Å². The number of imidazole rings is 1. The Balaban J connectivity index is 2.23. The number of methoxy groups -OCH3 is 1. The van der Waals surface area contributed by atoms with Gasteiger partial charge in [0.15, 0.2) is 0 Å². The molecule has 0 spiro atoms. The molecule has 3 rings (SSSR count). The van der Waals surface area contributed by atoms with Gasteiger partial charge in [-0.15, -0.1) is 0 Å². The van der Waals surface area contributed by atoms with Crippen LogP contribution in [0.4, 0.5) is 0 Å². The smallest absolute Gasteiger partial charge is 0.137 e. The van der Waals surface area contributed by atoms with Gasteiger partial charge in [-0.3, -0.25) is 0 Å². The molecule has 0 aliphatic rings. The van der Waals surface area contributed by atoms with Crippen molar-refractivity contribution in [2.45, 2.75) is 19.8 Å². The number of hydrogen-bond donors (Lipinski definition) is 1. The predicted octanol–water partition coefficient (Wildman–Crippen LogP) is 3.21. The molecule has 0 saturated heterocycles. The van der Waals surface area contributed by atoms with Gasteiger partial charge in [0.1, 0.15) is 11.4 Å². The minimum Gasteiger partial charge on any atom is -0.496 e. The van der Waals surface area contributed by atoms with Crippen LogP contribution in [0.1, 0.15) is 17.7 Å². The molecule has 22 heavy (non-hydrogen) atoms. The van der Waals surface area contributed by atoms with Crippen LogP contribution in [0.3, 0.4) is 0 Å². The molecule has 0 aliphatic carbocycles. The number of rotatable bonds is 5. The number of hydrogen-bond acceptors (Lipinski definition) is 3. The summed E-state index contributed by atoms with van der Waals surface area (Å²) in [5.41, 5.74) is 11.1. The first-order valence-electron chi connectivity index (χ1n) is 7.55. The average molecular weight is 295 g/mol. The van der Waals surface area contributed by atoms with E-state index in [2.05, 4.69) is 29.7 Å². The Morgan fingerprint density at radius 3 is 2.86 bits per heavy atom. The molecular formula is C18H21N3O. The van der Waals surface area contributed by atoms with E-state index in [1.807, 2.05) is 24.3 Å². The monoisotopic (exact) mass is 295 g/mol. The summed E-state index contributed by atoms with van der Waals surface area (Å²) in [6.45, 7) is 2.75. The highest BCUT2D eigenvalue weighted by Crippen LogP contribution is 2.33. The van der Waals surface area contributed by atoms with Gasteiger partial charge in [0.05, 0.1) is 18.5 Å². The summed E-state index contributed by atoms with van der Waals surface area (Å²) < 4.78 is 7.68. The van der Waals surface area contributed by atoms with Gasteiger partial charge in [0.2, 0.25) is 0 Å². The molecule has 0 fully saturated rings. The minimum absolute atomic E-state index is 0.671. The molecule has 1 aromatic carbocycles. The summed E-state index contributed by atoms with van der Waals surface area (Å²) in [5, 5.41) is 0. The summed E-state index contributed by atoms with van der Waals surface area (Å²) in [6, 6.07) is 12.2. The standard InChI is InChI=1S/C18H21N3O/c1-13-8-9-16(22-2)14(12-13)18-15(6-5-10-19)21-11-4-3-7-17(21)20-18/h3-4,7-9,11-12H,5-6,10,19H2,1-2H3. The number of nitrogens with zero attached hydrogens (tertiary/aromatic N) is 2. The van der Waals surface area contributed by atoms with Crippen molar-refractivity contribution in [1.82, 2.24) is 9.38 Å². The van der Waals surface area contributed by atoms with Crippen molar-refractivity contribution in [1.29, 1.82) is 0 Å². The lowest BCUT2D eigenvalue weighted by atomic mass is 10.0. The van der Waals surface area contributed by atoms with Crippen LogP contribution in [0, 0.1) is 6.92 Å². The lowest BCUT2D eigenvalue weighted by molar-refractivity contribution is 0.416. The van der Waals surface area contributed by atoms with Crippen LogP contribution in [-0.4, -0.2) is 23.0 Å². The highest BCUT2D eigenvalue weighted by Gasteiger charge is 2.17. The zero-order chi connectivity index (χ0) is 15.5. The second kappa shape index (κ2) is 6.20. The highest BCUT2D eigenvalue weighted by atomic mass is 16.5. The van der Waals surface area contributed by atoms with Crippen molar-refractivity contribution in [2.24, 2.45) is 5.73 Å². The second-order valence-electron chi connectivity index (χ2n) is 5.43. The topological polar surface area (TPSA) is 52.5 Å². The van der Waals surface area contributed by atoms with E-state index >= 15 is 0 Å². The van der Waals surface area contributed by atoms with E-state index in [9.17, 15) is 0 Å². The van der Waals surface area contributed by atoms with Crippen LogP contribution in [0.15, 0.2) is 42.6 Å². The van der Waals surface area contributed by atoms with Crippen molar-refractivity contribution in [3.8, 4) is 17.0 Å². The van der Waals surface area contributed by atoms with Crippen molar-refractivity contribution < 1.29 is 4.74 Å². The van der Waals surface area contributed by atoms with Gasteiger partial charge in [0, 0.05) is 11.8 Å². The van der Waals surface area contributed by atoms with E-state index in [1.165, 1.54) is 11.3 Å². The summed E-state index contributed by atoms with van der Waals surface area (Å²) in [4.78, 5) is 4.83. The predicted molar refractivity (Wildman–Crippen MR) is 89.3 cm³/mol. The van der Waals surface area contributed by atoms with Crippen LogP contribution in [0.25, 0.3) is 16.9 Å². The molecule has 2 heterocycles. The fourth-order valence-corrected chi connectivity index (χ4v) is 2.78. The van der Waals surface area contributed by atoms with Gasteiger partial charge in [-0.1, -0.05) is 17.7 Å². The fraction of sp³-hybridized carbons (Fsp3) is 0.278. The number of ether oxygens (including phenoxy) is 1. The molecule has 3 aromatic rings. The van der Waals surface area contributed by atoms with Gasteiger partial charge in [-0.2, -0.15) is 0 Å². The SMILES string of the molecule is COc1ccc(C)cc1-c1nc2ccccn2c1CCCN. The fourth-order valence-electron chi connectivity index (χ4n) is 2.78. The largest absolute Gasteiger partial charge is 0.496 e. The molecule has 4 nitrogen and oxygen atoms in total. The number of aromatic nitrogens is 2. The molecule has 0 atom stereocenters. The molecule has 0 unspecified atom stereocenters. The molecule has 4 heteroatoms. The average Bonchev–Trinajstić information content (AvgIpc) is 2.91. The highest BCUT2D eigenvalue weighted by molar-refractivity contribution is 5.73. The molecular weight excluding hydrogens is 274 g/mol. The van der Waals surface area contributed by atoms with Gasteiger partial charge < -0.3 is 14.9 Å². The Morgan fingerprint density at radius 2 is 2.09 bits per heavy atom. The molecule has 2 aromatic heterocycles. The van der Waals surface area contributed by atoms with E-state index in [0.29, 0.717) is 6.54 Å². The Labute approximate surface area is 130 Å². The van der Waals surface area contributed by atoms with Gasteiger partial charge >= 0.3 is 0 Å². The van der Waals surface area contributed by atoms with Crippen LogP contribution in [0.5, 0.6) is 5.75 Å². The maximum atomic E-state index is 5.70. The molecule has 0 saturated carbocycles. The third-order valence-corrected chi connectivity index (χ3v) is 3.86.